The van der Waals surface area contributed by atoms with Gasteiger partial charge in [-0.2, -0.15) is 0 Å². The van der Waals surface area contributed by atoms with Gasteiger partial charge < -0.3 is 20.1 Å². The molecular formula is C15H26N2O5. The molecule has 0 bridgehead atoms. The summed E-state index contributed by atoms with van der Waals surface area (Å²) in [6.45, 7) is 8.51. The maximum atomic E-state index is 12.6. The van der Waals surface area contributed by atoms with E-state index in [-0.39, 0.29) is 12.5 Å². The lowest BCUT2D eigenvalue weighted by Gasteiger charge is -2.37. The number of nitrogens with one attached hydrogen (secondary N) is 1. The minimum absolute atomic E-state index is 0.377. The normalized spacial score (nSPS) is 22.0. The number of carboxylic acids is 1. The second-order valence-electron chi connectivity index (χ2n) is 7.22. The molecule has 1 aliphatic heterocycles. The van der Waals surface area contributed by atoms with Gasteiger partial charge in [-0.15, -0.1) is 0 Å². The van der Waals surface area contributed by atoms with E-state index in [9.17, 15) is 14.4 Å². The van der Waals surface area contributed by atoms with Gasteiger partial charge in [-0.1, -0.05) is 0 Å². The number of hydrogen-bond acceptors (Lipinski definition) is 4. The number of aliphatic carboxylic acids is 1. The predicted octanol–water partition coefficient (Wildman–Crippen LogP) is 1.76. The van der Waals surface area contributed by atoms with E-state index in [1.165, 1.54) is 4.90 Å². The van der Waals surface area contributed by atoms with Crippen LogP contribution in [0.3, 0.4) is 0 Å². The zero-order valence-corrected chi connectivity index (χ0v) is 13.9. The summed E-state index contributed by atoms with van der Waals surface area (Å²) in [5.41, 5.74) is -1.21. The molecule has 1 rings (SSSR count). The van der Waals surface area contributed by atoms with Gasteiger partial charge in [-0.3, -0.25) is 9.59 Å². The molecule has 126 valence electrons. The minimum atomic E-state index is -1.07. The largest absolute Gasteiger partial charge is 0.480 e. The van der Waals surface area contributed by atoms with Gasteiger partial charge in [0.1, 0.15) is 18.2 Å². The molecule has 1 saturated heterocycles. The lowest BCUT2D eigenvalue weighted by Crippen LogP contribution is -2.55. The molecule has 0 aromatic heterocycles. The van der Waals surface area contributed by atoms with Crippen LogP contribution in [0.4, 0.5) is 4.79 Å². The van der Waals surface area contributed by atoms with Gasteiger partial charge >= 0.3 is 12.1 Å². The topological polar surface area (TPSA) is 95.9 Å². The van der Waals surface area contributed by atoms with Crippen LogP contribution in [0, 0.1) is 0 Å². The molecule has 0 aromatic carbocycles. The third kappa shape index (κ3) is 5.20. The lowest BCUT2D eigenvalue weighted by molar-refractivity contribution is -0.149. The molecule has 0 spiro atoms. The van der Waals surface area contributed by atoms with Crippen LogP contribution in [0.15, 0.2) is 0 Å². The van der Waals surface area contributed by atoms with Crippen LogP contribution in [-0.2, 0) is 14.3 Å². The van der Waals surface area contributed by atoms with Crippen molar-refractivity contribution < 1.29 is 24.2 Å². The molecule has 7 heteroatoms. The summed E-state index contributed by atoms with van der Waals surface area (Å²) in [5, 5.41) is 11.6. The fourth-order valence-corrected chi connectivity index (χ4v) is 2.49. The average Bonchev–Trinajstić information content (AvgIpc) is 2.39. The maximum Gasteiger partial charge on any atom is 0.408 e. The van der Waals surface area contributed by atoms with Crippen molar-refractivity contribution in [2.45, 2.75) is 71.1 Å². The number of likely N-dealkylation sites (tertiary alicyclic amines) is 1. The van der Waals surface area contributed by atoms with Gasteiger partial charge in [-0.05, 0) is 53.9 Å². The summed E-state index contributed by atoms with van der Waals surface area (Å²) in [7, 11) is 0. The minimum Gasteiger partial charge on any atom is -0.480 e. The SMILES string of the molecule is CC(C)(C)OC(=O)NC1CCCC(C)(C)N(CC(=O)O)C1=O. The summed E-state index contributed by atoms with van der Waals surface area (Å²) in [4.78, 5) is 36.8. The van der Waals surface area contributed by atoms with Crippen LogP contribution in [0.25, 0.3) is 0 Å². The van der Waals surface area contributed by atoms with E-state index in [0.717, 1.165) is 6.42 Å². The molecule has 1 heterocycles. The Balaban J connectivity index is 2.86. The van der Waals surface area contributed by atoms with E-state index in [4.69, 9.17) is 9.84 Å². The van der Waals surface area contributed by atoms with Crippen LogP contribution in [-0.4, -0.2) is 51.7 Å². The molecule has 0 aliphatic carbocycles. The summed E-state index contributed by atoms with van der Waals surface area (Å²) >= 11 is 0. The molecule has 2 amide bonds. The molecule has 1 fully saturated rings. The molecule has 22 heavy (non-hydrogen) atoms. The zero-order chi connectivity index (χ0) is 17.1. The first-order valence-corrected chi connectivity index (χ1v) is 7.45. The van der Waals surface area contributed by atoms with Crippen LogP contribution < -0.4 is 5.32 Å². The Morgan fingerprint density at radius 3 is 2.50 bits per heavy atom. The summed E-state index contributed by atoms with van der Waals surface area (Å²) in [6.07, 6.45) is 1.20. The van der Waals surface area contributed by atoms with Crippen LogP contribution >= 0.6 is 0 Å². The van der Waals surface area contributed by atoms with E-state index in [0.29, 0.717) is 12.8 Å². The van der Waals surface area contributed by atoms with E-state index in [1.807, 2.05) is 13.8 Å². The highest BCUT2D eigenvalue weighted by Gasteiger charge is 2.39. The summed E-state index contributed by atoms with van der Waals surface area (Å²) < 4.78 is 5.16. The van der Waals surface area contributed by atoms with Gasteiger partial charge in [0.25, 0.3) is 0 Å². The Kier molecular flexibility index (Phi) is 5.43. The Labute approximate surface area is 131 Å². The molecule has 0 aromatic rings. The monoisotopic (exact) mass is 314 g/mol. The first kappa shape index (κ1) is 18.3. The van der Waals surface area contributed by atoms with E-state index in [1.54, 1.807) is 20.8 Å². The Bertz CT molecular complexity index is 453. The van der Waals surface area contributed by atoms with E-state index in [2.05, 4.69) is 5.32 Å². The van der Waals surface area contributed by atoms with Crippen molar-refractivity contribution in [2.24, 2.45) is 0 Å². The van der Waals surface area contributed by atoms with Gasteiger partial charge in [0.05, 0.1) is 0 Å². The molecule has 0 saturated carbocycles. The number of carbonyl (C=O) groups is 3. The van der Waals surface area contributed by atoms with Crippen molar-refractivity contribution in [3.05, 3.63) is 0 Å². The molecule has 2 N–H and O–H groups in total. The molecule has 1 aliphatic rings. The molecule has 7 nitrogen and oxygen atoms in total. The summed E-state index contributed by atoms with van der Waals surface area (Å²) in [6, 6.07) is -0.754. The number of nitrogens with zero attached hydrogens (tertiary/aromatic N) is 1. The fraction of sp³-hybridized carbons (Fsp3) is 0.800. The Morgan fingerprint density at radius 2 is 2.00 bits per heavy atom. The van der Waals surface area contributed by atoms with E-state index < -0.39 is 29.2 Å². The average molecular weight is 314 g/mol. The van der Waals surface area contributed by atoms with Crippen LogP contribution in [0.1, 0.15) is 53.9 Å². The Hall–Kier alpha value is -1.79. The quantitative estimate of drug-likeness (QED) is 0.827. The number of rotatable bonds is 3. The molecule has 1 atom stereocenters. The van der Waals surface area contributed by atoms with Gasteiger partial charge in [0, 0.05) is 5.54 Å². The number of carboxylic acid groups (broad SMARTS) is 1. The molecule has 0 radical (unpaired) electrons. The van der Waals surface area contributed by atoms with Crippen molar-refractivity contribution in [2.75, 3.05) is 6.54 Å². The van der Waals surface area contributed by atoms with Crippen molar-refractivity contribution in [1.82, 2.24) is 10.2 Å². The standard InChI is InChI=1S/C15H26N2O5/c1-14(2,3)22-13(21)16-10-7-6-8-15(4,5)17(12(10)20)9-11(18)19/h10H,6-9H2,1-5H3,(H,16,21)(H,18,19). The maximum absolute atomic E-state index is 12.6. The van der Waals surface area contributed by atoms with Crippen molar-refractivity contribution in [3.63, 3.8) is 0 Å². The highest BCUT2D eigenvalue weighted by atomic mass is 16.6. The number of ether oxygens (including phenoxy) is 1. The van der Waals surface area contributed by atoms with Gasteiger partial charge in [0.15, 0.2) is 0 Å². The second kappa shape index (κ2) is 6.54. The second-order valence-corrected chi connectivity index (χ2v) is 7.22. The predicted molar refractivity (Wildman–Crippen MR) is 80.4 cm³/mol. The van der Waals surface area contributed by atoms with E-state index >= 15 is 0 Å². The molecule has 1 unspecified atom stereocenters. The number of hydrogen-bond donors (Lipinski definition) is 2. The van der Waals surface area contributed by atoms with Crippen molar-refractivity contribution >= 4 is 18.0 Å². The van der Waals surface area contributed by atoms with Crippen LogP contribution in [0.5, 0.6) is 0 Å². The molecular weight excluding hydrogens is 288 g/mol. The van der Waals surface area contributed by atoms with Gasteiger partial charge in [-0.25, -0.2) is 4.79 Å². The van der Waals surface area contributed by atoms with Crippen LogP contribution in [0.2, 0.25) is 0 Å². The van der Waals surface area contributed by atoms with Gasteiger partial charge in [0.2, 0.25) is 5.91 Å². The highest BCUT2D eigenvalue weighted by molar-refractivity contribution is 5.89. The third-order valence-electron chi connectivity index (χ3n) is 3.56. The van der Waals surface area contributed by atoms with Crippen molar-refractivity contribution in [3.8, 4) is 0 Å². The lowest BCUT2D eigenvalue weighted by atomic mass is 9.97. The first-order chi connectivity index (χ1) is 9.92. The zero-order valence-electron chi connectivity index (χ0n) is 13.9. The number of alkyl carbamates (subject to hydrolysis) is 1. The fourth-order valence-electron chi connectivity index (χ4n) is 2.49. The first-order valence-electron chi connectivity index (χ1n) is 7.45. The number of amides is 2. The highest BCUT2D eigenvalue weighted by Crippen LogP contribution is 2.27. The third-order valence-corrected chi connectivity index (χ3v) is 3.56. The Morgan fingerprint density at radius 1 is 1.41 bits per heavy atom. The van der Waals surface area contributed by atoms with Crippen molar-refractivity contribution in [1.29, 1.82) is 0 Å². The summed E-state index contributed by atoms with van der Waals surface area (Å²) in [5.74, 6) is -1.45. The smallest absolute Gasteiger partial charge is 0.408 e. The number of carbonyl (C=O) groups excluding carboxylic acids is 2.